The molecule has 0 aliphatic rings. The highest BCUT2D eigenvalue weighted by Gasteiger charge is 2.22. The molecule has 2 heterocycles. The number of hydrogen-bond acceptors (Lipinski definition) is 5. The van der Waals surface area contributed by atoms with Crippen LogP contribution >= 0.6 is 0 Å². The van der Waals surface area contributed by atoms with E-state index in [9.17, 15) is 19.6 Å². The Kier molecular flexibility index (Phi) is 6.01. The summed E-state index contributed by atoms with van der Waals surface area (Å²) < 4.78 is 14.6. The molecule has 0 saturated heterocycles. The molecule has 33 heavy (non-hydrogen) atoms. The minimum Gasteiger partial charge on any atom is -0.480 e. The number of nitrogens with zero attached hydrogens (tertiary/aromatic N) is 3. The first kappa shape index (κ1) is 21.9. The second-order valence-corrected chi connectivity index (χ2v) is 7.67. The topological polar surface area (TPSA) is 98.9 Å². The van der Waals surface area contributed by atoms with Crippen molar-refractivity contribution in [1.82, 2.24) is 9.97 Å². The molecule has 0 saturated carbocycles. The maximum Gasteiger partial charge on any atom is 0.326 e. The Hall–Kier alpha value is -4.31. The molecule has 4 aromatic rings. The van der Waals surface area contributed by atoms with Crippen molar-refractivity contribution in [2.24, 2.45) is 0 Å². The zero-order chi connectivity index (χ0) is 23.5. The van der Waals surface area contributed by atoms with Crippen molar-refractivity contribution in [2.45, 2.75) is 26.3 Å². The lowest BCUT2D eigenvalue weighted by atomic mass is 9.97. The van der Waals surface area contributed by atoms with Crippen LogP contribution < -0.4 is 5.32 Å². The molecule has 1 atom stereocenters. The number of nitrogens with one attached hydrogen (secondary N) is 1. The number of halogens is 1. The number of anilines is 1. The number of fused-ring (bicyclic) bond motifs is 1. The Labute approximate surface area is 190 Å². The van der Waals surface area contributed by atoms with E-state index in [1.54, 1.807) is 74.8 Å². The Morgan fingerprint density at radius 3 is 2.58 bits per heavy atom. The number of aliphatic carboxylic acids is 1. The van der Waals surface area contributed by atoms with Crippen molar-refractivity contribution in [3.63, 3.8) is 0 Å². The largest absolute Gasteiger partial charge is 0.480 e. The lowest BCUT2D eigenvalue weighted by Crippen LogP contribution is -2.29. The Morgan fingerprint density at radius 1 is 1.18 bits per heavy atom. The van der Waals surface area contributed by atoms with E-state index >= 15 is 0 Å². The number of pyridine rings is 2. The third-order valence-corrected chi connectivity index (χ3v) is 5.59. The number of hydrogen-bond donors (Lipinski definition) is 2. The summed E-state index contributed by atoms with van der Waals surface area (Å²) in [5.74, 6) is -1.28. The van der Waals surface area contributed by atoms with Crippen LogP contribution in [0.4, 0.5) is 10.1 Å². The first-order chi connectivity index (χ1) is 15.9. The molecule has 0 radical (unpaired) electrons. The van der Waals surface area contributed by atoms with Gasteiger partial charge in [0.1, 0.15) is 23.5 Å². The van der Waals surface area contributed by atoms with Crippen molar-refractivity contribution < 1.29 is 14.3 Å². The molecule has 0 unspecified atom stereocenters. The summed E-state index contributed by atoms with van der Waals surface area (Å²) in [6.45, 7) is 3.47. The van der Waals surface area contributed by atoms with Crippen molar-refractivity contribution in [2.75, 3.05) is 5.32 Å². The van der Waals surface area contributed by atoms with E-state index in [1.165, 1.54) is 0 Å². The fourth-order valence-electron chi connectivity index (χ4n) is 3.77. The summed E-state index contributed by atoms with van der Waals surface area (Å²) in [7, 11) is 0. The average Bonchev–Trinajstić information content (AvgIpc) is 2.83. The lowest BCUT2D eigenvalue weighted by molar-refractivity contribution is -0.137. The van der Waals surface area contributed by atoms with Crippen LogP contribution in [0.1, 0.15) is 24.5 Å². The van der Waals surface area contributed by atoms with Crippen molar-refractivity contribution in [3.8, 4) is 28.5 Å². The zero-order valence-electron chi connectivity index (χ0n) is 18.1. The van der Waals surface area contributed by atoms with Crippen LogP contribution in [0, 0.1) is 24.1 Å². The molecule has 7 heteroatoms. The molecule has 6 nitrogen and oxygen atoms in total. The fraction of sp³-hybridized carbons (Fsp3) is 0.154. The van der Waals surface area contributed by atoms with E-state index in [0.717, 1.165) is 0 Å². The number of carboxylic acid groups (broad SMARTS) is 1. The Bertz CT molecular complexity index is 1390. The quantitative estimate of drug-likeness (QED) is 0.407. The SMILES string of the molecule is CC[C@H](Nc1c(C#N)c(-c2ccc(-c3cccc(C)c3F)cc2)nc2cnccc12)C(=O)O. The Morgan fingerprint density at radius 2 is 1.91 bits per heavy atom. The van der Waals surface area contributed by atoms with Gasteiger partial charge in [-0.05, 0) is 30.5 Å². The van der Waals surface area contributed by atoms with E-state index in [2.05, 4.69) is 21.4 Å². The van der Waals surface area contributed by atoms with Crippen molar-refractivity contribution in [3.05, 3.63) is 77.9 Å². The molecule has 0 spiro atoms. The van der Waals surface area contributed by atoms with Gasteiger partial charge in [0.25, 0.3) is 0 Å². The van der Waals surface area contributed by atoms with Gasteiger partial charge in [-0.2, -0.15) is 5.26 Å². The molecule has 2 aromatic heterocycles. The third-order valence-electron chi connectivity index (χ3n) is 5.59. The van der Waals surface area contributed by atoms with Gasteiger partial charge in [-0.15, -0.1) is 0 Å². The first-order valence-electron chi connectivity index (χ1n) is 10.5. The number of benzene rings is 2. The first-order valence-corrected chi connectivity index (χ1v) is 10.5. The van der Waals surface area contributed by atoms with Crippen LogP contribution in [0.2, 0.25) is 0 Å². The molecule has 2 aromatic carbocycles. The number of rotatable bonds is 6. The van der Waals surface area contributed by atoms with E-state index in [-0.39, 0.29) is 11.4 Å². The average molecular weight is 440 g/mol. The summed E-state index contributed by atoms with van der Waals surface area (Å²) in [4.78, 5) is 20.4. The van der Waals surface area contributed by atoms with Gasteiger partial charge in [0, 0.05) is 22.7 Å². The molecule has 0 aliphatic heterocycles. The summed E-state index contributed by atoms with van der Waals surface area (Å²) in [6, 6.07) is 15.4. The zero-order valence-corrected chi connectivity index (χ0v) is 18.1. The molecule has 0 aliphatic carbocycles. The number of aromatic nitrogens is 2. The summed E-state index contributed by atoms with van der Waals surface area (Å²) in [5, 5.41) is 23.2. The van der Waals surface area contributed by atoms with Crippen LogP contribution in [-0.2, 0) is 4.79 Å². The minimum absolute atomic E-state index is 0.239. The van der Waals surface area contributed by atoms with Crippen LogP contribution in [0.15, 0.2) is 60.9 Å². The molecule has 2 N–H and O–H groups in total. The van der Waals surface area contributed by atoms with Crippen LogP contribution in [0.3, 0.4) is 0 Å². The fourth-order valence-corrected chi connectivity index (χ4v) is 3.77. The molecule has 0 amide bonds. The highest BCUT2D eigenvalue weighted by molar-refractivity contribution is 5.99. The summed E-state index contributed by atoms with van der Waals surface area (Å²) >= 11 is 0. The second-order valence-electron chi connectivity index (χ2n) is 7.67. The van der Waals surface area contributed by atoms with Gasteiger partial charge in [-0.1, -0.05) is 49.4 Å². The van der Waals surface area contributed by atoms with Crippen molar-refractivity contribution >= 4 is 22.6 Å². The van der Waals surface area contributed by atoms with Gasteiger partial charge in [0.05, 0.1) is 23.1 Å². The Balaban J connectivity index is 1.86. The van der Waals surface area contributed by atoms with Gasteiger partial charge in [-0.25, -0.2) is 14.2 Å². The van der Waals surface area contributed by atoms with Gasteiger partial charge < -0.3 is 10.4 Å². The monoisotopic (exact) mass is 440 g/mol. The molecule has 4 rings (SSSR count). The molecule has 0 bridgehead atoms. The maximum atomic E-state index is 14.6. The molecule has 0 fully saturated rings. The lowest BCUT2D eigenvalue weighted by Gasteiger charge is -2.18. The number of carboxylic acids is 1. The summed E-state index contributed by atoms with van der Waals surface area (Å²) in [5.41, 5.74) is 3.99. The number of carbonyl (C=O) groups is 1. The van der Waals surface area contributed by atoms with Crippen LogP contribution in [-0.4, -0.2) is 27.1 Å². The smallest absolute Gasteiger partial charge is 0.326 e. The van der Waals surface area contributed by atoms with Gasteiger partial charge in [-0.3, -0.25) is 4.98 Å². The predicted molar refractivity (Wildman–Crippen MR) is 125 cm³/mol. The van der Waals surface area contributed by atoms with Gasteiger partial charge in [0.15, 0.2) is 0 Å². The highest BCUT2D eigenvalue weighted by atomic mass is 19.1. The van der Waals surface area contributed by atoms with E-state index in [1.807, 2.05) is 0 Å². The van der Waals surface area contributed by atoms with Gasteiger partial charge >= 0.3 is 5.97 Å². The van der Waals surface area contributed by atoms with Crippen LogP contribution in [0.25, 0.3) is 33.3 Å². The standard InChI is InChI=1S/C26H21FN4O2/c1-3-21(26(32)33)30-25-19-11-12-29-14-22(19)31-24(20(25)13-28)17-9-7-16(8-10-17)18-6-4-5-15(2)23(18)27/h4-12,14,21H,3H2,1-2H3,(H,30,31)(H,32,33)/t21-/m0/s1. The molecular weight excluding hydrogens is 419 g/mol. The molecular formula is C26H21FN4O2. The third kappa shape index (κ3) is 4.11. The second kappa shape index (κ2) is 9.05. The summed E-state index contributed by atoms with van der Waals surface area (Å²) in [6.07, 6.45) is 3.48. The number of aryl methyl sites for hydroxylation is 1. The molecule has 164 valence electrons. The van der Waals surface area contributed by atoms with E-state index in [0.29, 0.717) is 51.0 Å². The maximum absolute atomic E-state index is 14.6. The normalized spacial score (nSPS) is 11.7. The van der Waals surface area contributed by atoms with Crippen LogP contribution in [0.5, 0.6) is 0 Å². The van der Waals surface area contributed by atoms with E-state index < -0.39 is 12.0 Å². The highest BCUT2D eigenvalue weighted by Crippen LogP contribution is 2.35. The van der Waals surface area contributed by atoms with Gasteiger partial charge in [0.2, 0.25) is 0 Å². The van der Waals surface area contributed by atoms with E-state index in [4.69, 9.17) is 0 Å². The van der Waals surface area contributed by atoms with Crippen molar-refractivity contribution in [1.29, 1.82) is 5.26 Å². The number of nitriles is 1. The predicted octanol–water partition coefficient (Wildman–Crippen LogP) is 5.56. The minimum atomic E-state index is -1.01.